The van der Waals surface area contributed by atoms with Gasteiger partial charge in [-0.15, -0.1) is 4.98 Å². The maximum atomic E-state index is 14.6. The summed E-state index contributed by atoms with van der Waals surface area (Å²) in [6.45, 7) is 2.08. The summed E-state index contributed by atoms with van der Waals surface area (Å²) in [6.07, 6.45) is 6.51. The third-order valence-electron chi connectivity index (χ3n) is 5.02. The van der Waals surface area contributed by atoms with Crippen molar-refractivity contribution in [3.63, 3.8) is 0 Å². The quantitative estimate of drug-likeness (QED) is 0.448. The normalized spacial score (nSPS) is 11.1. The topological polar surface area (TPSA) is 108 Å². The molecule has 0 bridgehead atoms. The van der Waals surface area contributed by atoms with Crippen molar-refractivity contribution in [2.24, 2.45) is 0 Å². The van der Waals surface area contributed by atoms with E-state index in [-0.39, 0.29) is 12.1 Å². The average molecular weight is 400 g/mol. The zero-order chi connectivity index (χ0) is 20.7. The first-order valence-corrected chi connectivity index (χ1v) is 9.15. The van der Waals surface area contributed by atoms with Crippen molar-refractivity contribution >= 4 is 22.6 Å². The van der Waals surface area contributed by atoms with E-state index in [1.165, 1.54) is 12.3 Å². The summed E-state index contributed by atoms with van der Waals surface area (Å²) in [5.74, 6) is 0.00782. The zero-order valence-corrected chi connectivity index (χ0v) is 15.8. The number of fused-ring (bicyclic) bond motifs is 2. The molecule has 2 N–H and O–H groups in total. The van der Waals surface area contributed by atoms with E-state index in [9.17, 15) is 9.65 Å². The molecule has 0 saturated carbocycles. The van der Waals surface area contributed by atoms with Crippen molar-refractivity contribution in [1.82, 2.24) is 20.2 Å². The highest BCUT2D eigenvalue weighted by Crippen LogP contribution is 2.27. The van der Waals surface area contributed by atoms with Crippen LogP contribution < -0.4 is 9.72 Å². The number of hydrogen-bond donors (Lipinski definition) is 2. The summed E-state index contributed by atoms with van der Waals surface area (Å²) in [7, 11) is 0. The molecule has 0 atom stereocenters. The van der Waals surface area contributed by atoms with Gasteiger partial charge in [0.15, 0.2) is 5.58 Å². The van der Waals surface area contributed by atoms with Gasteiger partial charge in [-0.25, -0.2) is 4.39 Å². The Bertz CT molecular complexity index is 1450. The number of anilines is 1. The largest absolute Gasteiger partial charge is 0.463 e. The third-order valence-corrected chi connectivity index (χ3v) is 5.02. The van der Waals surface area contributed by atoms with E-state index in [2.05, 4.69) is 25.5 Å². The minimum absolute atomic E-state index is 0.152. The molecular weight excluding hydrogens is 385 g/mol. The lowest BCUT2D eigenvalue weighted by molar-refractivity contribution is -0.499. The van der Waals surface area contributed by atoms with Crippen LogP contribution in [0.1, 0.15) is 16.8 Å². The Morgan fingerprint density at radius 2 is 2.20 bits per heavy atom. The number of aryl methyl sites for hydroxylation is 1. The molecule has 0 aliphatic heterocycles. The maximum Gasteiger partial charge on any atom is 0.325 e. The lowest BCUT2D eigenvalue weighted by Gasteiger charge is -2.08. The Morgan fingerprint density at radius 3 is 3.03 bits per heavy atom. The molecule has 8 nitrogen and oxygen atoms in total. The number of pyridine rings is 1. The number of furan rings is 1. The van der Waals surface area contributed by atoms with E-state index >= 15 is 0 Å². The molecule has 5 aromatic rings. The van der Waals surface area contributed by atoms with E-state index in [0.29, 0.717) is 22.5 Å². The molecule has 0 spiro atoms. The molecule has 146 valence electrons. The molecule has 0 amide bonds. The second kappa shape index (κ2) is 6.93. The maximum absolute atomic E-state index is 14.6. The molecule has 0 fully saturated rings. The van der Waals surface area contributed by atoms with Crippen molar-refractivity contribution in [1.29, 1.82) is 5.26 Å². The van der Waals surface area contributed by atoms with Crippen LogP contribution in [-0.2, 0) is 6.54 Å². The summed E-state index contributed by atoms with van der Waals surface area (Å²) >= 11 is 0. The number of aromatic amines is 1. The van der Waals surface area contributed by atoms with Crippen LogP contribution in [0.5, 0.6) is 0 Å². The Labute approximate surface area is 169 Å². The molecule has 0 saturated heterocycles. The summed E-state index contributed by atoms with van der Waals surface area (Å²) in [5, 5.41) is 20.0. The average Bonchev–Trinajstić information content (AvgIpc) is 3.43. The van der Waals surface area contributed by atoms with Crippen molar-refractivity contribution < 1.29 is 13.2 Å². The van der Waals surface area contributed by atoms with E-state index < -0.39 is 5.82 Å². The minimum atomic E-state index is -0.482. The SMILES string of the molecule is Cc1ncccc1-c1cnc(NCc2c(F)cc(C#N)c3occc23)[n+]2cn[nH]c12. The van der Waals surface area contributed by atoms with Crippen LogP contribution in [-0.4, -0.2) is 20.2 Å². The summed E-state index contributed by atoms with van der Waals surface area (Å²) in [4.78, 5) is 8.84. The highest BCUT2D eigenvalue weighted by atomic mass is 19.1. The first-order valence-electron chi connectivity index (χ1n) is 9.15. The van der Waals surface area contributed by atoms with E-state index in [1.54, 1.807) is 29.2 Å². The van der Waals surface area contributed by atoms with E-state index in [1.807, 2.05) is 25.1 Å². The number of halogens is 1. The molecule has 9 heteroatoms. The van der Waals surface area contributed by atoms with Gasteiger partial charge in [0.05, 0.1) is 30.1 Å². The molecule has 0 aliphatic carbocycles. The van der Waals surface area contributed by atoms with Crippen LogP contribution in [0.4, 0.5) is 10.3 Å². The van der Waals surface area contributed by atoms with Crippen molar-refractivity contribution in [3.8, 4) is 17.2 Å². The van der Waals surface area contributed by atoms with Crippen molar-refractivity contribution in [3.05, 3.63) is 71.9 Å². The van der Waals surface area contributed by atoms with Crippen molar-refractivity contribution in [2.45, 2.75) is 13.5 Å². The second-order valence-electron chi connectivity index (χ2n) is 6.72. The van der Waals surface area contributed by atoms with Crippen molar-refractivity contribution in [2.75, 3.05) is 5.32 Å². The molecule has 1 aromatic carbocycles. The van der Waals surface area contributed by atoms with Gasteiger partial charge in [-0.05, 0) is 30.2 Å². The van der Waals surface area contributed by atoms with Gasteiger partial charge >= 0.3 is 5.95 Å². The number of nitrogens with zero attached hydrogens (tertiary/aromatic N) is 5. The van der Waals surface area contributed by atoms with E-state index in [0.717, 1.165) is 22.5 Å². The first kappa shape index (κ1) is 17.8. The van der Waals surface area contributed by atoms with Gasteiger partial charge < -0.3 is 9.73 Å². The third kappa shape index (κ3) is 2.74. The van der Waals surface area contributed by atoms with Crippen LogP contribution in [0, 0.1) is 24.1 Å². The molecule has 0 aliphatic rings. The Balaban J connectivity index is 1.53. The molecule has 4 aromatic heterocycles. The lowest BCUT2D eigenvalue weighted by Crippen LogP contribution is -2.27. The van der Waals surface area contributed by atoms with Gasteiger partial charge in [0, 0.05) is 28.4 Å². The predicted octanol–water partition coefficient (Wildman–Crippen LogP) is 3.28. The monoisotopic (exact) mass is 400 g/mol. The first-order chi connectivity index (χ1) is 14.7. The summed E-state index contributed by atoms with van der Waals surface area (Å²) in [5.41, 5.74) is 4.33. The Morgan fingerprint density at radius 1 is 1.30 bits per heavy atom. The van der Waals surface area contributed by atoms with E-state index in [4.69, 9.17) is 4.42 Å². The second-order valence-corrected chi connectivity index (χ2v) is 6.72. The smallest absolute Gasteiger partial charge is 0.325 e. The number of benzene rings is 1. The Hall–Kier alpha value is -4.32. The zero-order valence-electron chi connectivity index (χ0n) is 15.8. The van der Waals surface area contributed by atoms with Crippen LogP contribution in [0.15, 0.2) is 53.7 Å². The molecule has 5 rings (SSSR count). The number of hydrogen-bond acceptors (Lipinski definition) is 6. The Kier molecular flexibility index (Phi) is 4.10. The van der Waals surface area contributed by atoms with Gasteiger partial charge in [0.2, 0.25) is 12.0 Å². The van der Waals surface area contributed by atoms with Gasteiger partial charge in [-0.2, -0.15) is 14.8 Å². The lowest BCUT2D eigenvalue weighted by atomic mass is 10.1. The molecule has 30 heavy (non-hydrogen) atoms. The van der Waals surface area contributed by atoms with Crippen LogP contribution >= 0.6 is 0 Å². The molecule has 0 radical (unpaired) electrons. The standard InChI is InChI=1S/C21H14FN7O/c1-12-14(3-2-5-24-12)17-10-26-21(29-11-27-28-20(17)29)25-9-16-15-4-6-30-19(15)13(8-23)7-18(16)22/h2-7,10-11H,9H2,1H3,(H,25,26,28)/p+1. The number of H-pyrrole nitrogens is 1. The molecule has 0 unspecified atom stereocenters. The minimum Gasteiger partial charge on any atom is -0.463 e. The van der Waals surface area contributed by atoms with Gasteiger partial charge in [0.1, 0.15) is 11.9 Å². The number of rotatable bonds is 4. The summed E-state index contributed by atoms with van der Waals surface area (Å²) < 4.78 is 21.8. The number of nitriles is 1. The predicted molar refractivity (Wildman–Crippen MR) is 106 cm³/mol. The number of nitrogens with one attached hydrogen (secondary N) is 2. The summed E-state index contributed by atoms with van der Waals surface area (Å²) in [6, 6.07) is 8.63. The van der Waals surface area contributed by atoms with Gasteiger partial charge in [-0.1, -0.05) is 6.07 Å². The van der Waals surface area contributed by atoms with Crippen LogP contribution in [0.3, 0.4) is 0 Å². The fourth-order valence-corrected chi connectivity index (χ4v) is 3.55. The fourth-order valence-electron chi connectivity index (χ4n) is 3.55. The van der Waals surface area contributed by atoms with Crippen LogP contribution in [0.2, 0.25) is 0 Å². The van der Waals surface area contributed by atoms with Gasteiger partial charge in [0.25, 0.3) is 0 Å². The van der Waals surface area contributed by atoms with Gasteiger partial charge in [-0.3, -0.25) is 4.98 Å². The highest BCUT2D eigenvalue weighted by Gasteiger charge is 2.20. The number of aromatic nitrogens is 5. The molecule has 4 heterocycles. The highest BCUT2D eigenvalue weighted by molar-refractivity contribution is 5.86. The fraction of sp³-hybridized carbons (Fsp3) is 0.0952. The van der Waals surface area contributed by atoms with Crippen LogP contribution in [0.25, 0.3) is 27.7 Å². The molecular formula is C21H15FN7O+.